The van der Waals surface area contributed by atoms with Gasteiger partial charge in [-0.1, -0.05) is 35.9 Å². The number of benzene rings is 2. The van der Waals surface area contributed by atoms with Crippen molar-refractivity contribution in [1.82, 2.24) is 0 Å². The van der Waals surface area contributed by atoms with Gasteiger partial charge in [-0.3, -0.25) is 0 Å². The minimum atomic E-state index is -1.05. The molecule has 0 aromatic heterocycles. The maximum atomic E-state index is 13.4. The lowest BCUT2D eigenvalue weighted by Gasteiger charge is -2.42. The average molecular weight is 447 g/mol. The molecule has 6 heteroatoms. The Morgan fingerprint density at radius 2 is 1.97 bits per heavy atom. The number of carboxylic acid groups (broad SMARTS) is 1. The lowest BCUT2D eigenvalue weighted by atomic mass is 9.75. The molecular weight excluding hydrogens is 419 g/mol. The van der Waals surface area contributed by atoms with Gasteiger partial charge in [0, 0.05) is 22.4 Å². The van der Waals surface area contributed by atoms with Crippen molar-refractivity contribution in [3.63, 3.8) is 0 Å². The first-order chi connectivity index (χ1) is 14.6. The van der Waals surface area contributed by atoms with E-state index in [1.165, 1.54) is 12.1 Å². The van der Waals surface area contributed by atoms with Gasteiger partial charge in [0.2, 0.25) is 0 Å². The van der Waals surface area contributed by atoms with E-state index in [1.54, 1.807) is 18.2 Å². The summed E-state index contributed by atoms with van der Waals surface area (Å²) in [6.45, 7) is 11.4. The summed E-state index contributed by atoms with van der Waals surface area (Å²) in [7, 11) is 0. The van der Waals surface area contributed by atoms with Crippen LogP contribution in [-0.4, -0.2) is 23.8 Å². The molecule has 2 aromatic carbocycles. The summed E-state index contributed by atoms with van der Waals surface area (Å²) in [5.41, 5.74) is 4.34. The van der Waals surface area contributed by atoms with Crippen LogP contribution in [0.3, 0.4) is 0 Å². The number of aryl methyl sites for hydroxylation is 1. The Bertz CT molecular complexity index is 986. The molecule has 0 aliphatic carbocycles. The van der Waals surface area contributed by atoms with Gasteiger partial charge in [0.25, 0.3) is 0 Å². The highest BCUT2D eigenvalue weighted by atomic mass is 35.5. The molecule has 3 rings (SSSR count). The van der Waals surface area contributed by atoms with Gasteiger partial charge < -0.3 is 14.6 Å². The molecule has 1 N–H and O–H groups in total. The zero-order valence-corrected chi connectivity index (χ0v) is 19.0. The molecule has 1 saturated heterocycles. The third-order valence-electron chi connectivity index (χ3n) is 6.06. The summed E-state index contributed by atoms with van der Waals surface area (Å²) < 4.78 is 25.6. The Hall–Kier alpha value is -2.37. The monoisotopic (exact) mass is 446 g/mol. The van der Waals surface area contributed by atoms with E-state index in [0.717, 1.165) is 34.2 Å². The predicted molar refractivity (Wildman–Crippen MR) is 119 cm³/mol. The van der Waals surface area contributed by atoms with Crippen LogP contribution in [0.15, 0.2) is 42.5 Å². The third-order valence-corrected chi connectivity index (χ3v) is 6.64. The second-order valence-corrected chi connectivity index (χ2v) is 8.71. The molecule has 0 saturated carbocycles. The van der Waals surface area contributed by atoms with Crippen LogP contribution in [0.5, 0.6) is 5.75 Å². The number of aliphatic carboxylic acids is 1. The van der Waals surface area contributed by atoms with E-state index in [9.17, 15) is 9.18 Å². The number of carbonyl (C=O) groups is 1. The van der Waals surface area contributed by atoms with Gasteiger partial charge in [0.15, 0.2) is 6.61 Å². The Kier molecular flexibility index (Phi) is 7.07. The van der Waals surface area contributed by atoms with Crippen LogP contribution < -0.4 is 4.74 Å². The molecule has 0 amide bonds. The fourth-order valence-electron chi connectivity index (χ4n) is 4.40. The first-order valence-electron chi connectivity index (χ1n) is 10.3. The van der Waals surface area contributed by atoms with E-state index in [4.69, 9.17) is 26.2 Å². The molecule has 2 aromatic rings. The Labute approximate surface area is 187 Å². The minimum Gasteiger partial charge on any atom is -0.482 e. The van der Waals surface area contributed by atoms with Crippen LogP contribution in [0.1, 0.15) is 54.5 Å². The number of halogens is 2. The quantitative estimate of drug-likeness (QED) is 0.522. The fraction of sp³-hybridized carbons (Fsp3) is 0.400. The van der Waals surface area contributed by atoms with Gasteiger partial charge in [0.05, 0.1) is 12.2 Å². The maximum Gasteiger partial charge on any atom is 0.341 e. The summed E-state index contributed by atoms with van der Waals surface area (Å²) in [6.07, 6.45) is 0.222. The van der Waals surface area contributed by atoms with Crippen molar-refractivity contribution in [2.75, 3.05) is 6.61 Å². The van der Waals surface area contributed by atoms with Crippen LogP contribution in [-0.2, 0) is 9.53 Å². The molecule has 31 heavy (non-hydrogen) atoms. The molecule has 1 aliphatic heterocycles. The van der Waals surface area contributed by atoms with Gasteiger partial charge in [0.1, 0.15) is 11.6 Å². The van der Waals surface area contributed by atoms with Crippen molar-refractivity contribution in [2.45, 2.75) is 52.2 Å². The second-order valence-electron chi connectivity index (χ2n) is 8.34. The van der Waals surface area contributed by atoms with Crippen molar-refractivity contribution >= 4 is 17.6 Å². The van der Waals surface area contributed by atoms with Gasteiger partial charge >= 0.3 is 5.97 Å². The SMILES string of the molecule is C=C(C)[C@H]1C[C@H](c2ccc(F)cc2)[C@H](C)O[C@@H]1c1c(OCC(=O)O)cc(C)c(Cl)c1C. The largest absolute Gasteiger partial charge is 0.482 e. The molecule has 166 valence electrons. The smallest absolute Gasteiger partial charge is 0.341 e. The highest BCUT2D eigenvalue weighted by Gasteiger charge is 2.40. The summed E-state index contributed by atoms with van der Waals surface area (Å²) in [5, 5.41) is 9.72. The van der Waals surface area contributed by atoms with Crippen molar-refractivity contribution in [2.24, 2.45) is 5.92 Å². The van der Waals surface area contributed by atoms with Crippen molar-refractivity contribution < 1.29 is 23.8 Å². The highest BCUT2D eigenvalue weighted by Crippen LogP contribution is 2.50. The number of ether oxygens (including phenoxy) is 2. The van der Waals surface area contributed by atoms with E-state index < -0.39 is 12.6 Å². The lowest BCUT2D eigenvalue weighted by Crippen LogP contribution is -2.35. The summed E-state index contributed by atoms with van der Waals surface area (Å²) >= 11 is 6.55. The minimum absolute atomic E-state index is 0.0455. The second kappa shape index (κ2) is 9.41. The zero-order valence-electron chi connectivity index (χ0n) is 18.2. The Balaban J connectivity index is 2.03. The lowest BCUT2D eigenvalue weighted by molar-refractivity contribution is -0.139. The molecule has 0 radical (unpaired) electrons. The van der Waals surface area contributed by atoms with Gasteiger partial charge in [-0.25, -0.2) is 9.18 Å². The van der Waals surface area contributed by atoms with Crippen molar-refractivity contribution in [1.29, 1.82) is 0 Å². The first kappa shape index (κ1) is 23.3. The van der Waals surface area contributed by atoms with E-state index in [-0.39, 0.29) is 29.9 Å². The molecule has 1 fully saturated rings. The summed E-state index contributed by atoms with van der Waals surface area (Å²) in [5.74, 6) is -0.834. The molecule has 1 aliphatic rings. The van der Waals surface area contributed by atoms with E-state index in [1.807, 2.05) is 27.7 Å². The zero-order chi connectivity index (χ0) is 22.9. The predicted octanol–water partition coefficient (Wildman–Crippen LogP) is 6.39. The van der Waals surface area contributed by atoms with Crippen molar-refractivity contribution in [3.8, 4) is 5.75 Å². The number of rotatable bonds is 6. The molecule has 1 heterocycles. The standard InChI is InChI=1S/C25H28ClFO4/c1-13(2)19-11-20(17-6-8-18(27)9-7-17)16(5)31-25(19)23-15(4)24(26)14(3)10-21(23)30-12-22(28)29/h6-10,16,19-20,25H,1,11-12H2,2-5H3,(H,28,29)/t16-,19+,20-,25-/m0/s1. The molecule has 0 unspecified atom stereocenters. The number of carboxylic acids is 1. The molecule has 0 spiro atoms. The van der Waals surface area contributed by atoms with Crippen molar-refractivity contribution in [3.05, 3.63) is 75.6 Å². The molecular formula is C25H28ClFO4. The van der Waals surface area contributed by atoms with E-state index in [2.05, 4.69) is 6.58 Å². The van der Waals surface area contributed by atoms with Gasteiger partial charge in [-0.15, -0.1) is 0 Å². The number of hydrogen-bond donors (Lipinski definition) is 1. The van der Waals surface area contributed by atoms with Crippen LogP contribution in [0.2, 0.25) is 5.02 Å². The molecule has 0 bridgehead atoms. The van der Waals surface area contributed by atoms with Crippen LogP contribution >= 0.6 is 11.6 Å². The van der Waals surface area contributed by atoms with Crippen LogP contribution in [0.25, 0.3) is 0 Å². The molecule has 4 atom stereocenters. The average Bonchev–Trinajstić information content (AvgIpc) is 2.71. The Morgan fingerprint density at radius 3 is 2.55 bits per heavy atom. The number of hydrogen-bond acceptors (Lipinski definition) is 3. The first-order valence-corrected chi connectivity index (χ1v) is 10.7. The molecule has 4 nitrogen and oxygen atoms in total. The van der Waals surface area contributed by atoms with Crippen LogP contribution in [0, 0.1) is 25.6 Å². The van der Waals surface area contributed by atoms with Gasteiger partial charge in [-0.05, 0) is 69.0 Å². The topological polar surface area (TPSA) is 55.8 Å². The maximum absolute atomic E-state index is 13.4. The van der Waals surface area contributed by atoms with E-state index in [0.29, 0.717) is 10.8 Å². The van der Waals surface area contributed by atoms with Crippen LogP contribution in [0.4, 0.5) is 4.39 Å². The van der Waals surface area contributed by atoms with E-state index >= 15 is 0 Å². The summed E-state index contributed by atoms with van der Waals surface area (Å²) in [6, 6.07) is 8.29. The summed E-state index contributed by atoms with van der Waals surface area (Å²) in [4.78, 5) is 11.1. The normalized spacial score (nSPS) is 23.4. The highest BCUT2D eigenvalue weighted by molar-refractivity contribution is 6.32. The third kappa shape index (κ3) is 4.94. The Morgan fingerprint density at radius 1 is 1.32 bits per heavy atom. The van der Waals surface area contributed by atoms with Gasteiger partial charge in [-0.2, -0.15) is 0 Å². The fourth-order valence-corrected chi connectivity index (χ4v) is 4.56.